The Labute approximate surface area is 105 Å². The van der Waals surface area contributed by atoms with Crippen molar-refractivity contribution in [3.8, 4) is 11.1 Å². The molecule has 2 aromatic carbocycles. The fourth-order valence-corrected chi connectivity index (χ4v) is 3.50. The van der Waals surface area contributed by atoms with Gasteiger partial charge < -0.3 is 0 Å². The Hall–Kier alpha value is -1.31. The van der Waals surface area contributed by atoms with Crippen LogP contribution in [0, 0.1) is 0 Å². The molecule has 0 bridgehead atoms. The van der Waals surface area contributed by atoms with Crippen molar-refractivity contribution in [2.45, 2.75) is 0 Å². The molecule has 1 heteroatoms. The minimum absolute atomic E-state index is 1.23. The van der Waals surface area contributed by atoms with E-state index in [0.717, 1.165) is 0 Å². The molecule has 0 fully saturated rings. The summed E-state index contributed by atoms with van der Waals surface area (Å²) in [6.45, 7) is 3.90. The predicted octanol–water partition coefficient (Wildman–Crippen LogP) is 3.43. The first-order valence-electron chi connectivity index (χ1n) is 5.20. The summed E-state index contributed by atoms with van der Waals surface area (Å²) in [5, 5.41) is 0. The van der Waals surface area contributed by atoms with Crippen LogP contribution >= 0.6 is 0 Å². The van der Waals surface area contributed by atoms with Gasteiger partial charge in [0.25, 0.3) is 0 Å². The number of hydrogen-bond acceptors (Lipinski definition) is 0. The van der Waals surface area contributed by atoms with E-state index in [2.05, 4.69) is 49.0 Å². The van der Waals surface area contributed by atoms with Crippen molar-refractivity contribution in [3.63, 3.8) is 0 Å². The molecule has 3 rings (SSSR count). The van der Waals surface area contributed by atoms with Gasteiger partial charge in [-0.25, -0.2) is 0 Å². The number of rotatable bonds is 1. The maximum absolute atomic E-state index is 3.90. The first-order valence-corrected chi connectivity index (χ1v) is 6.47. The fourth-order valence-electron chi connectivity index (χ4n) is 2.24. The van der Waals surface area contributed by atoms with Gasteiger partial charge >= 0.3 is 105 Å². The Balaban J connectivity index is 2.41. The van der Waals surface area contributed by atoms with Gasteiger partial charge in [0.05, 0.1) is 0 Å². The summed E-state index contributed by atoms with van der Waals surface area (Å²) < 4.78 is 1.39. The van der Waals surface area contributed by atoms with Crippen LogP contribution in [0.5, 0.6) is 0 Å². The summed E-state index contributed by atoms with van der Waals surface area (Å²) in [5.74, 6) is 0. The molecule has 1 aliphatic rings. The van der Waals surface area contributed by atoms with Crippen LogP contribution in [0.15, 0.2) is 49.0 Å². The molecule has 0 saturated heterocycles. The maximum atomic E-state index is 3.90. The normalized spacial score (nSPS) is 12.2. The molecule has 0 radical (unpaired) electrons. The molecule has 0 unspecified atom stereocenters. The molecular weight excluding hydrogens is 370 g/mol. The third-order valence-electron chi connectivity index (χ3n) is 2.98. The van der Waals surface area contributed by atoms with Crippen molar-refractivity contribution in [2.24, 2.45) is 0 Å². The molecule has 16 heavy (non-hydrogen) atoms. The van der Waals surface area contributed by atoms with Crippen molar-refractivity contribution in [2.75, 3.05) is 0 Å². The quantitative estimate of drug-likeness (QED) is 0.607. The van der Waals surface area contributed by atoms with Crippen LogP contribution in [0.1, 0.15) is 16.7 Å². The molecule has 0 spiro atoms. The molecule has 0 N–H and O–H groups in total. The first-order chi connectivity index (χ1) is 7.83. The van der Waals surface area contributed by atoms with Crippen LogP contribution in [0.3, 0.4) is 0 Å². The van der Waals surface area contributed by atoms with Crippen molar-refractivity contribution in [1.29, 1.82) is 0 Å². The van der Waals surface area contributed by atoms with E-state index in [4.69, 9.17) is 0 Å². The molecule has 0 atom stereocenters. The van der Waals surface area contributed by atoms with Gasteiger partial charge in [-0.1, -0.05) is 0 Å². The first kappa shape index (κ1) is 9.88. The van der Waals surface area contributed by atoms with Crippen LogP contribution in [0.4, 0.5) is 0 Å². The Morgan fingerprint density at radius 1 is 0.875 bits per heavy atom. The second-order valence-corrected chi connectivity index (χ2v) is 5.09. The van der Waals surface area contributed by atoms with Gasteiger partial charge in [-0.15, -0.1) is 0 Å². The third kappa shape index (κ3) is 1.22. The topological polar surface area (TPSA) is 0 Å². The van der Waals surface area contributed by atoms with Crippen molar-refractivity contribution < 1.29 is 18.1 Å². The van der Waals surface area contributed by atoms with Gasteiger partial charge in [-0.05, 0) is 0 Å². The van der Waals surface area contributed by atoms with Gasteiger partial charge in [-0.2, -0.15) is 0 Å². The Morgan fingerprint density at radius 2 is 1.56 bits per heavy atom. The average molecular weight is 380 g/mol. The molecule has 78 valence electrons. The van der Waals surface area contributed by atoms with E-state index in [9.17, 15) is 0 Å². The summed E-state index contributed by atoms with van der Waals surface area (Å²) in [7, 11) is 0. The third-order valence-corrected chi connectivity index (χ3v) is 4.30. The molecule has 0 saturated carbocycles. The van der Waals surface area contributed by atoms with Crippen molar-refractivity contribution >= 4 is 10.1 Å². The van der Waals surface area contributed by atoms with Crippen LogP contribution < -0.4 is 0 Å². The van der Waals surface area contributed by atoms with Gasteiger partial charge in [0.2, 0.25) is 0 Å². The van der Waals surface area contributed by atoms with Crippen LogP contribution in [-0.4, -0.2) is 4.07 Å². The standard InChI is InChI=1S/C15H10.Os/c1-2-11-7-5-9-14-13-8-4-3-6-12(13)10-15(11)14;/h2-9H,1H2;. The van der Waals surface area contributed by atoms with E-state index in [1.165, 1.54) is 31.9 Å². The van der Waals surface area contributed by atoms with Gasteiger partial charge in [0.15, 0.2) is 0 Å². The molecule has 0 aromatic heterocycles. The number of benzene rings is 2. The molecule has 0 amide bonds. The van der Waals surface area contributed by atoms with Crippen molar-refractivity contribution in [3.05, 3.63) is 65.7 Å². The monoisotopic (exact) mass is 382 g/mol. The SMILES string of the molecule is C=Cc1cccc2c1[C](=[Os])c1ccccc1-2. The number of hydrogen-bond donors (Lipinski definition) is 0. The van der Waals surface area contributed by atoms with E-state index >= 15 is 0 Å². The predicted molar refractivity (Wildman–Crippen MR) is 65.2 cm³/mol. The van der Waals surface area contributed by atoms with Gasteiger partial charge in [-0.3, -0.25) is 0 Å². The van der Waals surface area contributed by atoms with Gasteiger partial charge in [0.1, 0.15) is 0 Å². The molecule has 2 aromatic rings. The second-order valence-electron chi connectivity index (χ2n) is 3.82. The zero-order chi connectivity index (χ0) is 11.1. The summed E-state index contributed by atoms with van der Waals surface area (Å²) in [4.78, 5) is 0. The van der Waals surface area contributed by atoms with E-state index in [0.29, 0.717) is 0 Å². The minimum atomic E-state index is 1.23. The molecular formula is C15H10Os. The fraction of sp³-hybridized carbons (Fsp3) is 0. The number of fused-ring (bicyclic) bond motifs is 3. The van der Waals surface area contributed by atoms with E-state index < -0.39 is 0 Å². The summed E-state index contributed by atoms with van der Waals surface area (Å²) in [5.41, 5.74) is 6.66. The van der Waals surface area contributed by atoms with E-state index in [1.807, 2.05) is 24.2 Å². The van der Waals surface area contributed by atoms with E-state index in [1.54, 1.807) is 0 Å². The molecule has 1 aliphatic carbocycles. The summed E-state index contributed by atoms with van der Waals surface area (Å²) >= 11 is 1.97. The van der Waals surface area contributed by atoms with Crippen LogP contribution in [-0.2, 0) is 18.1 Å². The zero-order valence-electron chi connectivity index (χ0n) is 8.68. The van der Waals surface area contributed by atoms with Crippen molar-refractivity contribution in [1.82, 2.24) is 0 Å². The Bertz CT molecular complexity index is 609. The summed E-state index contributed by atoms with van der Waals surface area (Å²) in [6.07, 6.45) is 1.94. The van der Waals surface area contributed by atoms with Crippen LogP contribution in [0.2, 0.25) is 0 Å². The van der Waals surface area contributed by atoms with Crippen LogP contribution in [0.25, 0.3) is 17.2 Å². The Kier molecular flexibility index (Phi) is 2.23. The summed E-state index contributed by atoms with van der Waals surface area (Å²) in [6, 6.07) is 15.0. The van der Waals surface area contributed by atoms with E-state index in [-0.39, 0.29) is 0 Å². The molecule has 0 aliphatic heterocycles. The molecule has 0 heterocycles. The second kappa shape index (κ2) is 3.61. The molecule has 0 nitrogen and oxygen atoms in total. The Morgan fingerprint density at radius 3 is 2.31 bits per heavy atom. The van der Waals surface area contributed by atoms with Gasteiger partial charge in [0, 0.05) is 0 Å². The zero-order valence-corrected chi connectivity index (χ0v) is 11.2. The average Bonchev–Trinajstić information content (AvgIpc) is 2.64.